The highest BCUT2D eigenvalue weighted by Crippen LogP contribution is 2.43. The predicted molar refractivity (Wildman–Crippen MR) is 99.7 cm³/mol. The van der Waals surface area contributed by atoms with Gasteiger partial charge in [-0.05, 0) is 43.0 Å². The minimum atomic E-state index is -4.43. The molecule has 2 bridgehead atoms. The van der Waals surface area contributed by atoms with Gasteiger partial charge in [-0.15, -0.1) is 0 Å². The number of alkyl halides is 3. The summed E-state index contributed by atoms with van der Waals surface area (Å²) in [5.74, 6) is 0. The molecule has 28 heavy (non-hydrogen) atoms. The van der Waals surface area contributed by atoms with Gasteiger partial charge in [0.05, 0.1) is 24.4 Å². The van der Waals surface area contributed by atoms with E-state index in [-0.39, 0.29) is 12.1 Å². The number of fused-ring (bicyclic) bond motifs is 2. The molecular weight excluding hydrogens is 367 g/mol. The smallest absolute Gasteiger partial charge is 0.385 e. The summed E-state index contributed by atoms with van der Waals surface area (Å²) in [5, 5.41) is 11.4. The zero-order chi connectivity index (χ0) is 19.9. The molecule has 2 atom stereocenters. The van der Waals surface area contributed by atoms with Gasteiger partial charge in [-0.1, -0.05) is 42.0 Å². The average molecular weight is 391 g/mol. The summed E-state index contributed by atoms with van der Waals surface area (Å²) in [6.07, 6.45) is -3.71. The average Bonchev–Trinajstić information content (AvgIpc) is 2.62. The van der Waals surface area contributed by atoms with Gasteiger partial charge in [0.2, 0.25) is 0 Å². The number of hydrogen-bond acceptors (Lipinski definition) is 3. The second kappa shape index (κ2) is 7.17. The predicted octanol–water partition coefficient (Wildman–Crippen LogP) is 4.26. The number of aliphatic hydroxyl groups is 1. The molecule has 6 heteroatoms. The lowest BCUT2D eigenvalue weighted by Gasteiger charge is -2.52. The van der Waals surface area contributed by atoms with Gasteiger partial charge in [-0.2, -0.15) is 13.2 Å². The zero-order valence-electron chi connectivity index (χ0n) is 15.7. The van der Waals surface area contributed by atoms with Crippen molar-refractivity contribution in [1.29, 1.82) is 0 Å². The van der Waals surface area contributed by atoms with Gasteiger partial charge in [0, 0.05) is 18.6 Å². The molecule has 0 aromatic heterocycles. The van der Waals surface area contributed by atoms with Crippen LogP contribution in [0.3, 0.4) is 0 Å². The molecule has 2 aromatic rings. The molecule has 2 unspecified atom stereocenters. The first kappa shape index (κ1) is 19.4. The van der Waals surface area contributed by atoms with E-state index in [9.17, 15) is 18.3 Å². The SMILES string of the molecule is Cc1cc(C(F)(F)F)cc(C2(O)CC3COCC(C2)N3Cc2ccccc2)c1. The van der Waals surface area contributed by atoms with Crippen molar-refractivity contribution in [2.24, 2.45) is 0 Å². The molecule has 2 aliphatic heterocycles. The third kappa shape index (κ3) is 3.81. The second-order valence-electron chi connectivity index (χ2n) is 8.03. The number of nitrogens with zero attached hydrogens (tertiary/aromatic N) is 1. The molecule has 2 fully saturated rings. The first-order valence-electron chi connectivity index (χ1n) is 9.54. The molecule has 0 radical (unpaired) electrons. The van der Waals surface area contributed by atoms with Crippen LogP contribution in [0.2, 0.25) is 0 Å². The molecule has 0 saturated carbocycles. The summed E-state index contributed by atoms with van der Waals surface area (Å²) >= 11 is 0. The van der Waals surface area contributed by atoms with Crippen molar-refractivity contribution in [2.75, 3.05) is 13.2 Å². The molecule has 2 aliphatic rings. The third-order valence-corrected chi connectivity index (χ3v) is 5.86. The largest absolute Gasteiger partial charge is 0.416 e. The second-order valence-corrected chi connectivity index (χ2v) is 8.03. The molecule has 150 valence electrons. The number of ether oxygens (including phenoxy) is 1. The minimum absolute atomic E-state index is 0.0347. The lowest BCUT2D eigenvalue weighted by atomic mass is 9.76. The van der Waals surface area contributed by atoms with E-state index in [0.717, 1.165) is 18.7 Å². The number of morpholine rings is 1. The number of piperidine rings is 1. The normalized spacial score (nSPS) is 28.3. The fourth-order valence-corrected chi connectivity index (χ4v) is 4.55. The Kier molecular flexibility index (Phi) is 4.98. The van der Waals surface area contributed by atoms with Crippen LogP contribution in [0.1, 0.15) is 35.1 Å². The van der Waals surface area contributed by atoms with E-state index in [0.29, 0.717) is 37.2 Å². The summed E-state index contributed by atoms with van der Waals surface area (Å²) in [5.41, 5.74) is 0.0597. The number of rotatable bonds is 3. The maximum atomic E-state index is 13.3. The lowest BCUT2D eigenvalue weighted by Crippen LogP contribution is -2.60. The van der Waals surface area contributed by atoms with Crippen LogP contribution in [0.15, 0.2) is 48.5 Å². The van der Waals surface area contributed by atoms with Gasteiger partial charge in [0.25, 0.3) is 0 Å². The van der Waals surface area contributed by atoms with Crippen LogP contribution in [-0.2, 0) is 23.1 Å². The van der Waals surface area contributed by atoms with Crippen LogP contribution >= 0.6 is 0 Å². The molecular formula is C22H24F3NO2. The summed E-state index contributed by atoms with van der Waals surface area (Å²) in [6.45, 7) is 3.33. The highest BCUT2D eigenvalue weighted by atomic mass is 19.4. The maximum absolute atomic E-state index is 13.3. The van der Waals surface area contributed by atoms with Crippen LogP contribution < -0.4 is 0 Å². The number of halogens is 3. The van der Waals surface area contributed by atoms with E-state index in [1.54, 1.807) is 13.0 Å². The summed E-state index contributed by atoms with van der Waals surface area (Å²) < 4.78 is 45.5. The van der Waals surface area contributed by atoms with Crippen molar-refractivity contribution in [3.05, 3.63) is 70.8 Å². The monoisotopic (exact) mass is 391 g/mol. The van der Waals surface area contributed by atoms with Crippen molar-refractivity contribution in [3.63, 3.8) is 0 Å². The summed E-state index contributed by atoms with van der Waals surface area (Å²) in [4.78, 5) is 2.33. The van der Waals surface area contributed by atoms with Crippen LogP contribution in [0, 0.1) is 6.92 Å². The van der Waals surface area contributed by atoms with Crippen LogP contribution in [0.25, 0.3) is 0 Å². The molecule has 2 aromatic carbocycles. The highest BCUT2D eigenvalue weighted by Gasteiger charge is 2.47. The van der Waals surface area contributed by atoms with Crippen molar-refractivity contribution in [3.8, 4) is 0 Å². The fraction of sp³-hybridized carbons (Fsp3) is 0.455. The Labute approximate surface area is 162 Å². The molecule has 4 rings (SSSR count). The van der Waals surface area contributed by atoms with Crippen LogP contribution in [-0.4, -0.2) is 35.3 Å². The van der Waals surface area contributed by atoms with E-state index in [4.69, 9.17) is 4.74 Å². The topological polar surface area (TPSA) is 32.7 Å². The quantitative estimate of drug-likeness (QED) is 0.849. The fourth-order valence-electron chi connectivity index (χ4n) is 4.55. The van der Waals surface area contributed by atoms with Crippen molar-refractivity contribution >= 4 is 0 Å². The Morgan fingerprint density at radius 2 is 1.71 bits per heavy atom. The molecule has 0 amide bonds. The van der Waals surface area contributed by atoms with Crippen molar-refractivity contribution < 1.29 is 23.0 Å². The Bertz CT molecular complexity index is 823. The minimum Gasteiger partial charge on any atom is -0.385 e. The van der Waals surface area contributed by atoms with E-state index >= 15 is 0 Å². The van der Waals surface area contributed by atoms with E-state index in [1.807, 2.05) is 18.2 Å². The highest BCUT2D eigenvalue weighted by molar-refractivity contribution is 5.35. The molecule has 0 spiro atoms. The zero-order valence-corrected chi connectivity index (χ0v) is 15.7. The molecule has 2 saturated heterocycles. The maximum Gasteiger partial charge on any atom is 0.416 e. The van der Waals surface area contributed by atoms with Crippen LogP contribution in [0.4, 0.5) is 13.2 Å². The molecule has 3 nitrogen and oxygen atoms in total. The summed E-state index contributed by atoms with van der Waals surface area (Å²) in [7, 11) is 0. The van der Waals surface area contributed by atoms with E-state index in [2.05, 4.69) is 17.0 Å². The van der Waals surface area contributed by atoms with Crippen molar-refractivity contribution in [1.82, 2.24) is 4.90 Å². The summed E-state index contributed by atoms with van der Waals surface area (Å²) in [6, 6.07) is 13.9. The van der Waals surface area contributed by atoms with Gasteiger partial charge in [0.1, 0.15) is 0 Å². The Balaban J connectivity index is 1.62. The third-order valence-electron chi connectivity index (χ3n) is 5.86. The standard InChI is InChI=1S/C22H24F3NO2/c1-15-7-17(9-18(8-15)22(23,24)25)21(27)10-19-13-28-14-20(11-21)26(19)12-16-5-3-2-4-6-16/h2-9,19-20,27H,10-14H2,1H3. The van der Waals surface area contributed by atoms with E-state index < -0.39 is 17.3 Å². The van der Waals surface area contributed by atoms with Gasteiger partial charge in [-0.3, -0.25) is 4.90 Å². The lowest BCUT2D eigenvalue weighted by molar-refractivity contribution is -0.150. The van der Waals surface area contributed by atoms with Gasteiger partial charge < -0.3 is 9.84 Å². The first-order chi connectivity index (χ1) is 13.2. The van der Waals surface area contributed by atoms with Gasteiger partial charge in [-0.25, -0.2) is 0 Å². The number of benzene rings is 2. The Morgan fingerprint density at radius 1 is 1.07 bits per heavy atom. The Morgan fingerprint density at radius 3 is 2.32 bits per heavy atom. The molecule has 1 N–H and O–H groups in total. The molecule has 0 aliphatic carbocycles. The van der Waals surface area contributed by atoms with Crippen LogP contribution in [0.5, 0.6) is 0 Å². The van der Waals surface area contributed by atoms with E-state index in [1.165, 1.54) is 5.56 Å². The van der Waals surface area contributed by atoms with Gasteiger partial charge >= 0.3 is 6.18 Å². The van der Waals surface area contributed by atoms with Gasteiger partial charge in [0.15, 0.2) is 0 Å². The van der Waals surface area contributed by atoms with Crippen molar-refractivity contribution in [2.45, 2.75) is 50.2 Å². The number of hydrogen-bond donors (Lipinski definition) is 1. The first-order valence-corrected chi connectivity index (χ1v) is 9.54. The number of aryl methyl sites for hydroxylation is 1. The molecule has 2 heterocycles. The Hall–Kier alpha value is -1.89.